The highest BCUT2D eigenvalue weighted by molar-refractivity contribution is 6.35. The standard InChI is InChI=1S/C28H26Cl2N2O4/c29-18-7-10-23(24(30)15-18)26-25(27(34)31-13-11-17-5-8-20(33)9-6-17)21-3-1-2-4-22(21)28(35)32(26)19-12-14-36-16-19/h1-10,15,19,25-26,33H,11-14,16H2,(H,31,34). The van der Waals surface area contributed by atoms with Crippen LogP contribution in [0.25, 0.3) is 0 Å². The van der Waals surface area contributed by atoms with Crippen molar-refractivity contribution in [1.29, 1.82) is 0 Å². The van der Waals surface area contributed by atoms with Crippen LogP contribution in [0.4, 0.5) is 0 Å². The van der Waals surface area contributed by atoms with Crippen molar-refractivity contribution in [2.24, 2.45) is 0 Å². The van der Waals surface area contributed by atoms with Crippen LogP contribution >= 0.6 is 23.2 Å². The molecular formula is C28H26Cl2N2O4. The quantitative estimate of drug-likeness (QED) is 0.468. The van der Waals surface area contributed by atoms with E-state index in [1.165, 1.54) is 0 Å². The Kier molecular flexibility index (Phi) is 7.19. The van der Waals surface area contributed by atoms with Crippen LogP contribution in [0, 0.1) is 0 Å². The van der Waals surface area contributed by atoms with Crippen molar-refractivity contribution < 1.29 is 19.4 Å². The summed E-state index contributed by atoms with van der Waals surface area (Å²) in [6, 6.07) is 18.6. The molecule has 0 bridgehead atoms. The van der Waals surface area contributed by atoms with E-state index in [2.05, 4.69) is 5.32 Å². The Morgan fingerprint density at radius 2 is 1.83 bits per heavy atom. The van der Waals surface area contributed by atoms with Crippen molar-refractivity contribution in [3.63, 3.8) is 0 Å². The lowest BCUT2D eigenvalue weighted by Gasteiger charge is -2.44. The smallest absolute Gasteiger partial charge is 0.255 e. The van der Waals surface area contributed by atoms with Gasteiger partial charge < -0.3 is 20.1 Å². The second-order valence-corrected chi connectivity index (χ2v) is 9.96. The number of rotatable bonds is 6. The number of aromatic hydroxyl groups is 1. The fourth-order valence-corrected chi connectivity index (χ4v) is 5.67. The Morgan fingerprint density at radius 3 is 2.56 bits per heavy atom. The van der Waals surface area contributed by atoms with E-state index >= 15 is 0 Å². The molecule has 0 spiro atoms. The summed E-state index contributed by atoms with van der Waals surface area (Å²) in [6.45, 7) is 1.37. The number of carbonyl (C=O) groups is 2. The van der Waals surface area contributed by atoms with Crippen molar-refractivity contribution >= 4 is 35.0 Å². The van der Waals surface area contributed by atoms with Crippen LogP contribution in [0.5, 0.6) is 5.75 Å². The largest absolute Gasteiger partial charge is 0.508 e. The molecule has 2 N–H and O–H groups in total. The molecular weight excluding hydrogens is 499 g/mol. The van der Waals surface area contributed by atoms with Gasteiger partial charge in [0.2, 0.25) is 5.91 Å². The zero-order valence-corrected chi connectivity index (χ0v) is 21.0. The van der Waals surface area contributed by atoms with Crippen molar-refractivity contribution in [1.82, 2.24) is 10.2 Å². The summed E-state index contributed by atoms with van der Waals surface area (Å²) >= 11 is 12.9. The molecule has 0 saturated carbocycles. The predicted octanol–water partition coefficient (Wildman–Crippen LogP) is 5.13. The highest BCUT2D eigenvalue weighted by Gasteiger charge is 2.47. The van der Waals surface area contributed by atoms with Crippen LogP contribution in [0.2, 0.25) is 10.0 Å². The number of hydrogen-bond donors (Lipinski definition) is 2. The first-order valence-electron chi connectivity index (χ1n) is 11.9. The molecule has 2 aliphatic rings. The van der Waals surface area contributed by atoms with Crippen molar-refractivity contribution in [3.8, 4) is 5.75 Å². The minimum Gasteiger partial charge on any atom is -0.508 e. The molecule has 6 nitrogen and oxygen atoms in total. The average molecular weight is 525 g/mol. The fourth-order valence-electron chi connectivity index (χ4n) is 5.15. The van der Waals surface area contributed by atoms with Gasteiger partial charge in [-0.05, 0) is 59.9 Å². The first-order chi connectivity index (χ1) is 17.4. The van der Waals surface area contributed by atoms with Crippen molar-refractivity contribution in [2.75, 3.05) is 19.8 Å². The maximum absolute atomic E-state index is 13.8. The highest BCUT2D eigenvalue weighted by atomic mass is 35.5. The van der Waals surface area contributed by atoms with E-state index < -0.39 is 12.0 Å². The topological polar surface area (TPSA) is 78.9 Å². The molecule has 2 amide bonds. The summed E-state index contributed by atoms with van der Waals surface area (Å²) < 4.78 is 5.63. The molecule has 2 heterocycles. The van der Waals surface area contributed by atoms with Gasteiger partial charge in [0.25, 0.3) is 5.91 Å². The van der Waals surface area contributed by atoms with Crippen LogP contribution in [-0.4, -0.2) is 47.6 Å². The Balaban J connectivity index is 1.53. The molecule has 3 unspecified atom stereocenters. The molecule has 3 atom stereocenters. The minimum atomic E-state index is -0.669. The lowest BCUT2D eigenvalue weighted by atomic mass is 9.78. The van der Waals surface area contributed by atoms with E-state index in [-0.39, 0.29) is 23.6 Å². The maximum Gasteiger partial charge on any atom is 0.255 e. The van der Waals surface area contributed by atoms with E-state index in [1.807, 2.05) is 30.3 Å². The van der Waals surface area contributed by atoms with Gasteiger partial charge in [0.15, 0.2) is 0 Å². The van der Waals surface area contributed by atoms with E-state index in [0.29, 0.717) is 59.3 Å². The first kappa shape index (κ1) is 24.6. The third kappa shape index (κ3) is 4.81. The van der Waals surface area contributed by atoms with Crippen molar-refractivity contribution in [3.05, 3.63) is 99.0 Å². The number of nitrogens with zero attached hydrogens (tertiary/aromatic N) is 1. The van der Waals surface area contributed by atoms with Gasteiger partial charge in [-0.15, -0.1) is 0 Å². The number of ether oxygens (including phenoxy) is 1. The van der Waals surface area contributed by atoms with Gasteiger partial charge in [-0.1, -0.05) is 59.6 Å². The first-order valence-corrected chi connectivity index (χ1v) is 12.7. The number of halogens is 2. The average Bonchev–Trinajstić information content (AvgIpc) is 3.40. The molecule has 0 aromatic heterocycles. The summed E-state index contributed by atoms with van der Waals surface area (Å²) in [6.07, 6.45) is 1.29. The zero-order chi connectivity index (χ0) is 25.2. The van der Waals surface area contributed by atoms with Gasteiger partial charge in [-0.3, -0.25) is 9.59 Å². The van der Waals surface area contributed by atoms with E-state index in [9.17, 15) is 14.7 Å². The summed E-state index contributed by atoms with van der Waals surface area (Å²) in [5.41, 5.74) is 2.86. The molecule has 36 heavy (non-hydrogen) atoms. The SMILES string of the molecule is O=C(NCCc1ccc(O)cc1)C1c2ccccc2C(=O)N(C2CCOC2)C1c1ccc(Cl)cc1Cl. The summed E-state index contributed by atoms with van der Waals surface area (Å²) in [7, 11) is 0. The second-order valence-electron chi connectivity index (χ2n) is 9.11. The number of benzene rings is 3. The van der Waals surface area contributed by atoms with Crippen molar-refractivity contribution in [2.45, 2.75) is 30.8 Å². The van der Waals surface area contributed by atoms with Gasteiger partial charge in [0.05, 0.1) is 24.6 Å². The molecule has 1 fully saturated rings. The molecule has 8 heteroatoms. The normalized spacial score (nSPS) is 21.3. The predicted molar refractivity (Wildman–Crippen MR) is 139 cm³/mol. The third-order valence-electron chi connectivity index (χ3n) is 6.89. The number of amides is 2. The van der Waals surface area contributed by atoms with E-state index in [1.54, 1.807) is 41.3 Å². The van der Waals surface area contributed by atoms with Gasteiger partial charge in [-0.2, -0.15) is 0 Å². The molecule has 1 saturated heterocycles. The zero-order valence-electron chi connectivity index (χ0n) is 19.5. The number of nitrogens with one attached hydrogen (secondary N) is 1. The number of phenols is 1. The lowest BCUT2D eigenvalue weighted by Crippen LogP contribution is -2.52. The molecule has 186 valence electrons. The summed E-state index contributed by atoms with van der Waals surface area (Å²) in [5, 5.41) is 13.5. The maximum atomic E-state index is 13.8. The Bertz CT molecular complexity index is 1270. The second kappa shape index (κ2) is 10.5. The molecule has 3 aromatic rings. The molecule has 0 radical (unpaired) electrons. The van der Waals surface area contributed by atoms with E-state index in [4.69, 9.17) is 27.9 Å². The Hall–Kier alpha value is -3.06. The molecule has 3 aromatic carbocycles. The lowest BCUT2D eigenvalue weighted by molar-refractivity contribution is -0.124. The van der Waals surface area contributed by atoms with Crippen LogP contribution in [-0.2, 0) is 16.0 Å². The van der Waals surface area contributed by atoms with Gasteiger partial charge in [-0.25, -0.2) is 0 Å². The minimum absolute atomic E-state index is 0.134. The van der Waals surface area contributed by atoms with Gasteiger partial charge in [0, 0.05) is 28.8 Å². The Labute approximate surface area is 219 Å². The van der Waals surface area contributed by atoms with Gasteiger partial charge in [0.1, 0.15) is 5.75 Å². The summed E-state index contributed by atoms with van der Waals surface area (Å²) in [5.74, 6) is -0.790. The van der Waals surface area contributed by atoms with Gasteiger partial charge >= 0.3 is 0 Å². The highest BCUT2D eigenvalue weighted by Crippen LogP contribution is 2.46. The number of carbonyl (C=O) groups excluding carboxylic acids is 2. The van der Waals surface area contributed by atoms with Crippen LogP contribution < -0.4 is 5.32 Å². The van der Waals surface area contributed by atoms with Crippen LogP contribution in [0.15, 0.2) is 66.7 Å². The molecule has 0 aliphatic carbocycles. The fraction of sp³-hybridized carbons (Fsp3) is 0.286. The third-order valence-corrected chi connectivity index (χ3v) is 7.45. The van der Waals surface area contributed by atoms with Crippen LogP contribution in [0.1, 0.15) is 45.4 Å². The molecule has 2 aliphatic heterocycles. The summed E-state index contributed by atoms with van der Waals surface area (Å²) in [4.78, 5) is 29.4. The van der Waals surface area contributed by atoms with Crippen LogP contribution in [0.3, 0.4) is 0 Å². The number of fused-ring (bicyclic) bond motifs is 1. The number of phenolic OH excluding ortho intramolecular Hbond substituents is 1. The van der Waals surface area contributed by atoms with E-state index in [0.717, 1.165) is 5.56 Å². The monoisotopic (exact) mass is 524 g/mol. The number of hydrogen-bond acceptors (Lipinski definition) is 4. The molecule has 5 rings (SSSR count). The Morgan fingerprint density at radius 1 is 1.06 bits per heavy atom.